The van der Waals surface area contributed by atoms with Gasteiger partial charge in [-0.25, -0.2) is 0 Å². The number of anilines is 1. The zero-order valence-electron chi connectivity index (χ0n) is 9.82. The summed E-state index contributed by atoms with van der Waals surface area (Å²) in [5, 5.41) is 12.0. The van der Waals surface area contributed by atoms with E-state index < -0.39 is 0 Å². The first kappa shape index (κ1) is 11.6. The molecule has 4 heteroatoms. The number of hydrogen-bond acceptors (Lipinski definition) is 2. The minimum atomic E-state index is 0.0861. The summed E-state index contributed by atoms with van der Waals surface area (Å²) in [7, 11) is 0. The van der Waals surface area contributed by atoms with Crippen LogP contribution in [0.15, 0.2) is 18.2 Å². The minimum Gasteiger partial charge on any atom is -0.326 e. The number of nitrogens with one attached hydrogen (secondary N) is 1. The van der Waals surface area contributed by atoms with Crippen molar-refractivity contribution in [3.8, 4) is 6.07 Å². The van der Waals surface area contributed by atoms with Gasteiger partial charge in [-0.3, -0.25) is 4.79 Å². The SMILES string of the molecule is N#Cc1ccc(NC(=O)C2CC3CC3C2)cc1Cl. The molecule has 0 bridgehead atoms. The summed E-state index contributed by atoms with van der Waals surface area (Å²) in [6.45, 7) is 0. The van der Waals surface area contributed by atoms with Gasteiger partial charge in [0.15, 0.2) is 0 Å². The lowest BCUT2D eigenvalue weighted by Crippen LogP contribution is -2.21. The van der Waals surface area contributed by atoms with Crippen molar-refractivity contribution < 1.29 is 4.79 Å². The van der Waals surface area contributed by atoms with Crippen molar-refractivity contribution in [2.24, 2.45) is 17.8 Å². The summed E-state index contributed by atoms with van der Waals surface area (Å²) in [5.74, 6) is 1.83. The average molecular weight is 261 g/mol. The first-order valence-electron chi connectivity index (χ1n) is 6.18. The predicted molar refractivity (Wildman–Crippen MR) is 69.1 cm³/mol. The van der Waals surface area contributed by atoms with E-state index in [1.54, 1.807) is 18.2 Å². The zero-order chi connectivity index (χ0) is 12.7. The summed E-state index contributed by atoms with van der Waals surface area (Å²) >= 11 is 5.93. The van der Waals surface area contributed by atoms with Crippen LogP contribution in [-0.4, -0.2) is 5.91 Å². The van der Waals surface area contributed by atoms with Crippen LogP contribution in [0.25, 0.3) is 0 Å². The van der Waals surface area contributed by atoms with Gasteiger partial charge in [-0.05, 0) is 49.3 Å². The maximum atomic E-state index is 12.0. The molecule has 2 fully saturated rings. The fourth-order valence-electron chi connectivity index (χ4n) is 2.86. The van der Waals surface area contributed by atoms with Crippen LogP contribution < -0.4 is 5.32 Å². The van der Waals surface area contributed by atoms with Gasteiger partial charge < -0.3 is 5.32 Å². The summed E-state index contributed by atoms with van der Waals surface area (Å²) in [6, 6.07) is 6.98. The number of nitrogens with zero attached hydrogens (tertiary/aromatic N) is 1. The van der Waals surface area contributed by atoms with E-state index in [0.29, 0.717) is 16.3 Å². The van der Waals surface area contributed by atoms with E-state index in [0.717, 1.165) is 24.7 Å². The molecule has 0 radical (unpaired) electrons. The molecule has 2 aliphatic carbocycles. The van der Waals surface area contributed by atoms with Crippen LogP contribution in [0.1, 0.15) is 24.8 Å². The molecule has 0 aromatic heterocycles. The summed E-state index contributed by atoms with van der Waals surface area (Å²) in [5.41, 5.74) is 1.10. The molecule has 1 aromatic rings. The van der Waals surface area contributed by atoms with Gasteiger partial charge in [0.1, 0.15) is 6.07 Å². The standard InChI is InChI=1S/C14H13ClN2O/c15-13-6-12(2-1-8(13)7-16)17-14(18)11-4-9-3-10(9)5-11/h1-2,6,9-11H,3-5H2,(H,17,18). The van der Waals surface area contributed by atoms with E-state index >= 15 is 0 Å². The molecular weight excluding hydrogens is 248 g/mol. The molecule has 1 aromatic carbocycles. The first-order chi connectivity index (χ1) is 8.67. The Balaban J connectivity index is 1.67. The topological polar surface area (TPSA) is 52.9 Å². The Labute approximate surface area is 111 Å². The minimum absolute atomic E-state index is 0.0861. The maximum absolute atomic E-state index is 12.0. The van der Waals surface area contributed by atoms with Crippen LogP contribution >= 0.6 is 11.6 Å². The molecule has 3 rings (SSSR count). The second kappa shape index (κ2) is 4.29. The molecule has 0 heterocycles. The first-order valence-corrected chi connectivity index (χ1v) is 6.55. The Morgan fingerprint density at radius 2 is 2.06 bits per heavy atom. The fourth-order valence-corrected chi connectivity index (χ4v) is 3.08. The largest absolute Gasteiger partial charge is 0.326 e. The molecule has 2 unspecified atom stereocenters. The van der Waals surface area contributed by atoms with Crippen molar-refractivity contribution in [1.29, 1.82) is 5.26 Å². The molecule has 0 aliphatic heterocycles. The zero-order valence-corrected chi connectivity index (χ0v) is 10.6. The van der Waals surface area contributed by atoms with E-state index in [-0.39, 0.29) is 11.8 Å². The second-order valence-corrected chi connectivity index (χ2v) is 5.63. The second-order valence-electron chi connectivity index (χ2n) is 5.22. The highest BCUT2D eigenvalue weighted by molar-refractivity contribution is 6.32. The van der Waals surface area contributed by atoms with Gasteiger partial charge in [0.2, 0.25) is 5.91 Å². The van der Waals surface area contributed by atoms with E-state index in [9.17, 15) is 4.79 Å². The van der Waals surface area contributed by atoms with Crippen LogP contribution in [0.4, 0.5) is 5.69 Å². The van der Waals surface area contributed by atoms with Gasteiger partial charge in [0.05, 0.1) is 10.6 Å². The van der Waals surface area contributed by atoms with Gasteiger partial charge in [-0.15, -0.1) is 0 Å². The van der Waals surface area contributed by atoms with Crippen LogP contribution in [0.2, 0.25) is 5.02 Å². The van der Waals surface area contributed by atoms with Crippen molar-refractivity contribution in [3.05, 3.63) is 28.8 Å². The monoisotopic (exact) mass is 260 g/mol. The van der Waals surface area contributed by atoms with Crippen LogP contribution in [-0.2, 0) is 4.79 Å². The molecule has 1 amide bonds. The van der Waals surface area contributed by atoms with Gasteiger partial charge in [-0.1, -0.05) is 11.6 Å². The van der Waals surface area contributed by atoms with Crippen LogP contribution in [0, 0.1) is 29.1 Å². The van der Waals surface area contributed by atoms with E-state index in [2.05, 4.69) is 5.32 Å². The molecule has 1 N–H and O–H groups in total. The number of nitriles is 1. The highest BCUT2D eigenvalue weighted by Gasteiger charge is 2.47. The van der Waals surface area contributed by atoms with E-state index in [1.165, 1.54) is 6.42 Å². The van der Waals surface area contributed by atoms with Crippen molar-refractivity contribution >= 4 is 23.2 Å². The number of amides is 1. The van der Waals surface area contributed by atoms with Crippen molar-refractivity contribution in [3.63, 3.8) is 0 Å². The van der Waals surface area contributed by atoms with E-state index in [1.807, 2.05) is 6.07 Å². The molecule has 0 saturated heterocycles. The fraction of sp³-hybridized carbons (Fsp3) is 0.429. The summed E-state index contributed by atoms with van der Waals surface area (Å²) < 4.78 is 0. The third kappa shape index (κ3) is 2.09. The molecule has 2 atom stereocenters. The number of hydrogen-bond donors (Lipinski definition) is 1. The lowest BCUT2D eigenvalue weighted by molar-refractivity contribution is -0.120. The normalized spacial score (nSPS) is 28.3. The van der Waals surface area contributed by atoms with Gasteiger partial charge >= 0.3 is 0 Å². The molecule has 0 spiro atoms. The highest BCUT2D eigenvalue weighted by Crippen LogP contribution is 2.54. The number of fused-ring (bicyclic) bond motifs is 1. The van der Waals surface area contributed by atoms with Crippen LogP contribution in [0.5, 0.6) is 0 Å². The van der Waals surface area contributed by atoms with Gasteiger partial charge in [0, 0.05) is 11.6 Å². The number of rotatable bonds is 2. The lowest BCUT2D eigenvalue weighted by Gasteiger charge is -2.12. The Kier molecular flexibility index (Phi) is 2.76. The number of benzene rings is 1. The number of carbonyl (C=O) groups is 1. The predicted octanol–water partition coefficient (Wildman–Crippen LogP) is 3.20. The lowest BCUT2D eigenvalue weighted by atomic mass is 10.0. The van der Waals surface area contributed by atoms with Crippen LogP contribution in [0.3, 0.4) is 0 Å². The number of carbonyl (C=O) groups excluding carboxylic acids is 1. The smallest absolute Gasteiger partial charge is 0.227 e. The number of halogens is 1. The third-order valence-electron chi connectivity index (χ3n) is 3.97. The summed E-state index contributed by atoms with van der Waals surface area (Å²) in [4.78, 5) is 12.0. The van der Waals surface area contributed by atoms with Gasteiger partial charge in [0.25, 0.3) is 0 Å². The maximum Gasteiger partial charge on any atom is 0.227 e. The van der Waals surface area contributed by atoms with Gasteiger partial charge in [-0.2, -0.15) is 5.26 Å². The Morgan fingerprint density at radius 3 is 2.67 bits per heavy atom. The molecule has 2 saturated carbocycles. The van der Waals surface area contributed by atoms with Crippen molar-refractivity contribution in [2.45, 2.75) is 19.3 Å². The Bertz CT molecular complexity index is 539. The Hall–Kier alpha value is -1.53. The average Bonchev–Trinajstić information content (AvgIpc) is 2.96. The molecule has 3 nitrogen and oxygen atoms in total. The molecule has 2 aliphatic rings. The molecule has 92 valence electrons. The third-order valence-corrected chi connectivity index (χ3v) is 4.28. The Morgan fingerprint density at radius 1 is 1.33 bits per heavy atom. The van der Waals surface area contributed by atoms with E-state index in [4.69, 9.17) is 16.9 Å². The highest BCUT2D eigenvalue weighted by atomic mass is 35.5. The van der Waals surface area contributed by atoms with Crippen molar-refractivity contribution in [1.82, 2.24) is 0 Å². The quantitative estimate of drug-likeness (QED) is 0.888. The molecular formula is C14H13ClN2O. The summed E-state index contributed by atoms with van der Waals surface area (Å²) in [6.07, 6.45) is 3.37. The van der Waals surface area contributed by atoms with Crippen molar-refractivity contribution in [2.75, 3.05) is 5.32 Å². The molecule has 18 heavy (non-hydrogen) atoms.